The van der Waals surface area contributed by atoms with Crippen LogP contribution in [-0.2, 0) is 4.79 Å². The molecule has 0 aromatic rings. The van der Waals surface area contributed by atoms with Crippen LogP contribution in [0.5, 0.6) is 0 Å². The lowest BCUT2D eigenvalue weighted by Gasteiger charge is -2.19. The minimum atomic E-state index is -0.0393. The molecule has 0 rings (SSSR count). The Kier molecular flexibility index (Phi) is 6.21. The molecule has 1 amide bonds. The van der Waals surface area contributed by atoms with E-state index in [0.29, 0.717) is 11.6 Å². The number of nitrogens with zero attached hydrogens (tertiary/aromatic N) is 1. The molecule has 14 heavy (non-hydrogen) atoms. The Hall–Kier alpha value is -0.830. The quantitative estimate of drug-likeness (QED) is 0.517. The second-order valence-electron chi connectivity index (χ2n) is 3.99. The van der Waals surface area contributed by atoms with Crippen molar-refractivity contribution >= 4 is 5.91 Å². The van der Waals surface area contributed by atoms with Gasteiger partial charge in [0.25, 0.3) is 0 Å². The largest absolute Gasteiger partial charge is 0.352 e. The van der Waals surface area contributed by atoms with Crippen molar-refractivity contribution < 1.29 is 4.79 Å². The van der Waals surface area contributed by atoms with Crippen LogP contribution >= 0.6 is 0 Å². The summed E-state index contributed by atoms with van der Waals surface area (Å²) in [7, 11) is 4.13. The SMILES string of the molecule is C=C(C)C(=O)NCCCC(C)N(C)C. The van der Waals surface area contributed by atoms with E-state index >= 15 is 0 Å². The summed E-state index contributed by atoms with van der Waals surface area (Å²) >= 11 is 0. The first-order valence-electron chi connectivity index (χ1n) is 5.05. The molecule has 0 aromatic heterocycles. The maximum Gasteiger partial charge on any atom is 0.246 e. The van der Waals surface area contributed by atoms with Gasteiger partial charge in [-0.25, -0.2) is 0 Å². The molecule has 0 radical (unpaired) electrons. The van der Waals surface area contributed by atoms with Gasteiger partial charge < -0.3 is 10.2 Å². The van der Waals surface area contributed by atoms with Crippen LogP contribution in [0.2, 0.25) is 0 Å². The van der Waals surface area contributed by atoms with Gasteiger partial charge in [-0.15, -0.1) is 0 Å². The lowest BCUT2D eigenvalue weighted by molar-refractivity contribution is -0.117. The second-order valence-corrected chi connectivity index (χ2v) is 3.99. The van der Waals surface area contributed by atoms with E-state index in [2.05, 4.69) is 37.8 Å². The summed E-state index contributed by atoms with van der Waals surface area (Å²) in [5.74, 6) is -0.0393. The molecule has 0 aliphatic carbocycles. The number of amides is 1. The Labute approximate surface area is 87.2 Å². The van der Waals surface area contributed by atoms with Gasteiger partial charge in [-0.3, -0.25) is 4.79 Å². The van der Waals surface area contributed by atoms with Crippen molar-refractivity contribution in [3.8, 4) is 0 Å². The molecule has 0 saturated heterocycles. The van der Waals surface area contributed by atoms with Gasteiger partial charge in [0.1, 0.15) is 0 Å². The Morgan fingerprint density at radius 1 is 1.50 bits per heavy atom. The second kappa shape index (κ2) is 6.60. The van der Waals surface area contributed by atoms with E-state index in [9.17, 15) is 4.79 Å². The third kappa shape index (κ3) is 5.75. The highest BCUT2D eigenvalue weighted by atomic mass is 16.1. The smallest absolute Gasteiger partial charge is 0.246 e. The van der Waals surface area contributed by atoms with Crippen LogP contribution in [-0.4, -0.2) is 37.5 Å². The van der Waals surface area contributed by atoms with Crippen molar-refractivity contribution in [1.82, 2.24) is 10.2 Å². The van der Waals surface area contributed by atoms with Gasteiger partial charge in [0.2, 0.25) is 5.91 Å². The van der Waals surface area contributed by atoms with Crippen molar-refractivity contribution in [2.24, 2.45) is 0 Å². The highest BCUT2D eigenvalue weighted by Gasteiger charge is 2.04. The monoisotopic (exact) mass is 198 g/mol. The zero-order valence-corrected chi connectivity index (χ0v) is 9.76. The highest BCUT2D eigenvalue weighted by molar-refractivity contribution is 5.91. The molecule has 3 nitrogen and oxygen atoms in total. The molecular formula is C11H22N2O. The zero-order valence-electron chi connectivity index (χ0n) is 9.76. The first-order chi connectivity index (χ1) is 6.45. The van der Waals surface area contributed by atoms with E-state index in [1.165, 1.54) is 0 Å². The van der Waals surface area contributed by atoms with Crippen LogP contribution in [0.1, 0.15) is 26.7 Å². The van der Waals surface area contributed by atoms with Crippen molar-refractivity contribution in [1.29, 1.82) is 0 Å². The Balaban J connectivity index is 3.47. The molecule has 0 aliphatic rings. The summed E-state index contributed by atoms with van der Waals surface area (Å²) in [5.41, 5.74) is 0.575. The highest BCUT2D eigenvalue weighted by Crippen LogP contribution is 2.00. The molecule has 0 fully saturated rings. The number of carbonyl (C=O) groups excluding carboxylic acids is 1. The van der Waals surface area contributed by atoms with Gasteiger partial charge in [-0.2, -0.15) is 0 Å². The summed E-state index contributed by atoms with van der Waals surface area (Å²) in [6.07, 6.45) is 2.11. The van der Waals surface area contributed by atoms with Crippen LogP contribution in [0.3, 0.4) is 0 Å². The van der Waals surface area contributed by atoms with Crippen LogP contribution in [0.25, 0.3) is 0 Å². The summed E-state index contributed by atoms with van der Waals surface area (Å²) in [6.45, 7) is 8.22. The summed E-state index contributed by atoms with van der Waals surface area (Å²) < 4.78 is 0. The molecule has 0 spiro atoms. The minimum absolute atomic E-state index is 0.0393. The standard InChI is InChI=1S/C11H22N2O/c1-9(2)11(14)12-8-6-7-10(3)13(4)5/h10H,1,6-8H2,2-5H3,(H,12,14). The molecule has 0 saturated carbocycles. The van der Waals surface area contributed by atoms with E-state index in [-0.39, 0.29) is 5.91 Å². The van der Waals surface area contributed by atoms with Crippen molar-refractivity contribution in [3.05, 3.63) is 12.2 Å². The lowest BCUT2D eigenvalue weighted by Crippen LogP contribution is -2.28. The molecule has 0 aliphatic heterocycles. The van der Waals surface area contributed by atoms with Gasteiger partial charge in [0, 0.05) is 18.2 Å². The van der Waals surface area contributed by atoms with E-state index in [0.717, 1.165) is 19.4 Å². The van der Waals surface area contributed by atoms with Gasteiger partial charge in [-0.05, 0) is 40.8 Å². The van der Waals surface area contributed by atoms with Crippen molar-refractivity contribution in [2.45, 2.75) is 32.7 Å². The summed E-state index contributed by atoms with van der Waals surface area (Å²) in [4.78, 5) is 13.3. The summed E-state index contributed by atoms with van der Waals surface area (Å²) in [6, 6.07) is 0.566. The van der Waals surface area contributed by atoms with E-state index in [1.807, 2.05) is 0 Å². The first-order valence-corrected chi connectivity index (χ1v) is 5.05. The van der Waals surface area contributed by atoms with Crippen LogP contribution < -0.4 is 5.32 Å². The van der Waals surface area contributed by atoms with Gasteiger partial charge in [0.15, 0.2) is 0 Å². The molecule has 1 unspecified atom stereocenters. The molecule has 0 bridgehead atoms. The molecule has 1 atom stereocenters. The fraction of sp³-hybridized carbons (Fsp3) is 0.727. The third-order valence-corrected chi connectivity index (χ3v) is 2.35. The van der Waals surface area contributed by atoms with Gasteiger partial charge >= 0.3 is 0 Å². The fourth-order valence-corrected chi connectivity index (χ4v) is 1.01. The molecule has 0 aromatic carbocycles. The number of carbonyl (C=O) groups is 1. The first kappa shape index (κ1) is 13.2. The predicted molar refractivity (Wildman–Crippen MR) is 60.2 cm³/mol. The van der Waals surface area contributed by atoms with E-state index in [4.69, 9.17) is 0 Å². The zero-order chi connectivity index (χ0) is 11.1. The van der Waals surface area contributed by atoms with Crippen LogP contribution in [0.15, 0.2) is 12.2 Å². The fourth-order valence-electron chi connectivity index (χ4n) is 1.01. The normalized spacial score (nSPS) is 12.6. The number of hydrogen-bond acceptors (Lipinski definition) is 2. The molecule has 1 N–H and O–H groups in total. The predicted octanol–water partition coefficient (Wildman–Crippen LogP) is 1.41. The number of nitrogens with one attached hydrogen (secondary N) is 1. The van der Waals surface area contributed by atoms with Crippen molar-refractivity contribution in [3.63, 3.8) is 0 Å². The van der Waals surface area contributed by atoms with E-state index < -0.39 is 0 Å². The topological polar surface area (TPSA) is 32.3 Å². The average molecular weight is 198 g/mol. The van der Waals surface area contributed by atoms with Crippen LogP contribution in [0.4, 0.5) is 0 Å². The Bertz CT molecular complexity index is 199. The summed E-state index contributed by atoms with van der Waals surface area (Å²) in [5, 5.41) is 2.82. The van der Waals surface area contributed by atoms with Gasteiger partial charge in [0.05, 0.1) is 0 Å². The lowest BCUT2D eigenvalue weighted by atomic mass is 10.1. The molecular weight excluding hydrogens is 176 g/mol. The van der Waals surface area contributed by atoms with Crippen molar-refractivity contribution in [2.75, 3.05) is 20.6 Å². The Morgan fingerprint density at radius 2 is 2.07 bits per heavy atom. The molecule has 3 heteroatoms. The Morgan fingerprint density at radius 3 is 2.50 bits per heavy atom. The molecule has 82 valence electrons. The van der Waals surface area contributed by atoms with Crippen LogP contribution in [0, 0.1) is 0 Å². The maximum atomic E-state index is 11.1. The minimum Gasteiger partial charge on any atom is -0.352 e. The number of hydrogen-bond donors (Lipinski definition) is 1. The number of rotatable bonds is 6. The maximum absolute atomic E-state index is 11.1. The average Bonchev–Trinajstić information content (AvgIpc) is 2.11. The van der Waals surface area contributed by atoms with E-state index in [1.54, 1.807) is 6.92 Å². The van der Waals surface area contributed by atoms with Gasteiger partial charge in [-0.1, -0.05) is 6.58 Å². The third-order valence-electron chi connectivity index (χ3n) is 2.35. The molecule has 0 heterocycles.